The number of nitrogens with two attached hydrogens (primary N) is 1. The lowest BCUT2D eigenvalue weighted by Gasteiger charge is -2.24. The van der Waals surface area contributed by atoms with Crippen LogP contribution in [0.15, 0.2) is 9.66 Å². The van der Waals surface area contributed by atoms with E-state index in [0.717, 1.165) is 6.54 Å². The summed E-state index contributed by atoms with van der Waals surface area (Å²) < 4.78 is 1.37. The molecular formula is C6H11IN2. The van der Waals surface area contributed by atoms with Crippen molar-refractivity contribution in [1.82, 2.24) is 5.32 Å². The summed E-state index contributed by atoms with van der Waals surface area (Å²) in [7, 11) is 0. The number of halogens is 1. The monoisotopic (exact) mass is 238 g/mol. The number of hydrogen-bond acceptors (Lipinski definition) is 2. The summed E-state index contributed by atoms with van der Waals surface area (Å²) in [6.45, 7) is 3.05. The van der Waals surface area contributed by atoms with Gasteiger partial charge in [-0.2, -0.15) is 0 Å². The van der Waals surface area contributed by atoms with Gasteiger partial charge >= 0.3 is 0 Å². The molecule has 0 aliphatic carbocycles. The van der Waals surface area contributed by atoms with Crippen molar-refractivity contribution in [3.63, 3.8) is 0 Å². The molecule has 52 valence electrons. The van der Waals surface area contributed by atoms with Crippen LogP contribution in [0.1, 0.15) is 6.92 Å². The van der Waals surface area contributed by atoms with E-state index in [1.54, 1.807) is 0 Å². The maximum Gasteiger partial charge on any atom is 0.0621 e. The molecule has 0 fully saturated rings. The van der Waals surface area contributed by atoms with Gasteiger partial charge in [0.1, 0.15) is 0 Å². The first kappa shape index (κ1) is 7.50. The molecule has 2 atom stereocenters. The Hall–Kier alpha value is 0.390. The first-order valence-electron chi connectivity index (χ1n) is 3.06. The molecule has 3 heteroatoms. The molecule has 0 amide bonds. The molecule has 0 aromatic heterocycles. The zero-order valence-electron chi connectivity index (χ0n) is 5.39. The minimum absolute atomic E-state index is 0.155. The average molecular weight is 238 g/mol. The van der Waals surface area contributed by atoms with Crippen molar-refractivity contribution in [3.05, 3.63) is 9.66 Å². The number of rotatable bonds is 0. The van der Waals surface area contributed by atoms with E-state index in [4.69, 9.17) is 5.73 Å². The molecule has 1 aliphatic heterocycles. The second-order valence-electron chi connectivity index (χ2n) is 2.31. The maximum absolute atomic E-state index is 5.71. The highest BCUT2D eigenvalue weighted by atomic mass is 127. The highest BCUT2D eigenvalue weighted by Crippen LogP contribution is 2.21. The standard InChI is InChI=1S/C6H11IN2/c1-4-5(7)2-3-9-6(4)8/h2,4,6,9H,3,8H2,1H3. The topological polar surface area (TPSA) is 38.0 Å². The second-order valence-corrected chi connectivity index (χ2v) is 3.56. The van der Waals surface area contributed by atoms with E-state index in [0.29, 0.717) is 5.92 Å². The van der Waals surface area contributed by atoms with Gasteiger partial charge in [-0.1, -0.05) is 13.0 Å². The molecule has 0 aromatic rings. The fourth-order valence-electron chi connectivity index (χ4n) is 0.827. The Kier molecular flexibility index (Phi) is 2.49. The van der Waals surface area contributed by atoms with E-state index in [1.165, 1.54) is 3.58 Å². The predicted octanol–water partition coefficient (Wildman–Crippen LogP) is 0.829. The van der Waals surface area contributed by atoms with Crippen LogP contribution in [-0.2, 0) is 0 Å². The van der Waals surface area contributed by atoms with Gasteiger partial charge in [0.25, 0.3) is 0 Å². The lowest BCUT2D eigenvalue weighted by Crippen LogP contribution is -2.45. The fraction of sp³-hybridized carbons (Fsp3) is 0.667. The highest BCUT2D eigenvalue weighted by molar-refractivity contribution is 14.1. The zero-order valence-corrected chi connectivity index (χ0v) is 7.55. The Morgan fingerprint density at radius 2 is 2.56 bits per heavy atom. The molecule has 1 heterocycles. The van der Waals surface area contributed by atoms with Crippen molar-refractivity contribution in [2.45, 2.75) is 13.1 Å². The Morgan fingerprint density at radius 3 is 3.00 bits per heavy atom. The molecule has 1 aliphatic rings. The summed E-state index contributed by atoms with van der Waals surface area (Å²) in [5.41, 5.74) is 5.71. The van der Waals surface area contributed by atoms with Crippen LogP contribution in [-0.4, -0.2) is 12.7 Å². The van der Waals surface area contributed by atoms with Crippen molar-refractivity contribution in [3.8, 4) is 0 Å². The van der Waals surface area contributed by atoms with Crippen LogP contribution in [0, 0.1) is 5.92 Å². The molecule has 0 aromatic carbocycles. The first-order valence-corrected chi connectivity index (χ1v) is 4.14. The third kappa shape index (κ3) is 1.65. The average Bonchev–Trinajstić information content (AvgIpc) is 1.83. The van der Waals surface area contributed by atoms with Gasteiger partial charge in [0, 0.05) is 12.5 Å². The maximum atomic E-state index is 5.71. The zero-order chi connectivity index (χ0) is 6.85. The van der Waals surface area contributed by atoms with Gasteiger partial charge in [0.2, 0.25) is 0 Å². The van der Waals surface area contributed by atoms with Crippen molar-refractivity contribution in [2.75, 3.05) is 6.54 Å². The minimum atomic E-state index is 0.155. The van der Waals surface area contributed by atoms with E-state index in [-0.39, 0.29) is 6.17 Å². The van der Waals surface area contributed by atoms with E-state index < -0.39 is 0 Å². The SMILES string of the molecule is CC1C(I)=CCNC1N. The summed E-state index contributed by atoms with van der Waals surface area (Å²) in [6.07, 6.45) is 2.33. The summed E-state index contributed by atoms with van der Waals surface area (Å²) >= 11 is 2.34. The molecule has 0 bridgehead atoms. The Labute approximate surface area is 69.0 Å². The number of nitrogens with one attached hydrogen (secondary N) is 1. The van der Waals surface area contributed by atoms with Crippen LogP contribution in [0.5, 0.6) is 0 Å². The molecule has 9 heavy (non-hydrogen) atoms. The van der Waals surface area contributed by atoms with Crippen LogP contribution >= 0.6 is 22.6 Å². The first-order chi connectivity index (χ1) is 4.22. The third-order valence-electron chi connectivity index (χ3n) is 1.62. The van der Waals surface area contributed by atoms with Crippen LogP contribution in [0.4, 0.5) is 0 Å². The second kappa shape index (κ2) is 2.98. The van der Waals surface area contributed by atoms with Crippen molar-refractivity contribution in [1.29, 1.82) is 0 Å². The highest BCUT2D eigenvalue weighted by Gasteiger charge is 2.17. The van der Waals surface area contributed by atoms with Gasteiger partial charge in [-0.05, 0) is 26.2 Å². The van der Waals surface area contributed by atoms with E-state index >= 15 is 0 Å². The lowest BCUT2D eigenvalue weighted by molar-refractivity contribution is 0.440. The van der Waals surface area contributed by atoms with Gasteiger partial charge in [-0.3, -0.25) is 5.32 Å². The molecule has 0 radical (unpaired) electrons. The van der Waals surface area contributed by atoms with Crippen molar-refractivity contribution < 1.29 is 0 Å². The predicted molar refractivity (Wildman–Crippen MR) is 47.2 cm³/mol. The van der Waals surface area contributed by atoms with Gasteiger partial charge in [-0.25, -0.2) is 0 Å². The largest absolute Gasteiger partial charge is 0.315 e. The Balaban J connectivity index is 2.62. The lowest BCUT2D eigenvalue weighted by atomic mass is 10.1. The molecule has 0 saturated carbocycles. The summed E-state index contributed by atoms with van der Waals surface area (Å²) in [6, 6.07) is 0. The van der Waals surface area contributed by atoms with Crippen LogP contribution in [0.25, 0.3) is 0 Å². The molecule has 0 spiro atoms. The van der Waals surface area contributed by atoms with Crippen LogP contribution < -0.4 is 11.1 Å². The molecular weight excluding hydrogens is 227 g/mol. The molecule has 2 unspecified atom stereocenters. The quantitative estimate of drug-likeness (QED) is 0.613. The van der Waals surface area contributed by atoms with Crippen molar-refractivity contribution >= 4 is 22.6 Å². The Bertz CT molecular complexity index is 133. The molecule has 1 rings (SSSR count). The minimum Gasteiger partial charge on any atom is -0.315 e. The summed E-state index contributed by atoms with van der Waals surface area (Å²) in [5, 5.41) is 3.16. The van der Waals surface area contributed by atoms with Crippen molar-refractivity contribution in [2.24, 2.45) is 11.7 Å². The van der Waals surface area contributed by atoms with Gasteiger partial charge in [0.05, 0.1) is 6.17 Å². The summed E-state index contributed by atoms with van der Waals surface area (Å²) in [4.78, 5) is 0. The third-order valence-corrected chi connectivity index (χ3v) is 3.05. The molecule has 2 nitrogen and oxygen atoms in total. The van der Waals surface area contributed by atoms with E-state index in [1.807, 2.05) is 0 Å². The van der Waals surface area contributed by atoms with Gasteiger partial charge in [0.15, 0.2) is 0 Å². The number of hydrogen-bond donors (Lipinski definition) is 2. The van der Waals surface area contributed by atoms with Crippen LogP contribution in [0.3, 0.4) is 0 Å². The fourth-order valence-corrected chi connectivity index (χ4v) is 1.43. The van der Waals surface area contributed by atoms with Gasteiger partial charge < -0.3 is 5.73 Å². The smallest absolute Gasteiger partial charge is 0.0621 e. The normalized spacial score (nSPS) is 36.1. The summed E-state index contributed by atoms with van der Waals surface area (Å²) in [5.74, 6) is 0.486. The Morgan fingerprint density at radius 1 is 1.89 bits per heavy atom. The molecule has 3 N–H and O–H groups in total. The van der Waals surface area contributed by atoms with Gasteiger partial charge in [-0.15, -0.1) is 0 Å². The molecule has 0 saturated heterocycles. The van der Waals surface area contributed by atoms with E-state index in [9.17, 15) is 0 Å². The van der Waals surface area contributed by atoms with Crippen LogP contribution in [0.2, 0.25) is 0 Å². The van der Waals surface area contributed by atoms with E-state index in [2.05, 4.69) is 40.9 Å².